The highest BCUT2D eigenvalue weighted by molar-refractivity contribution is 7.09. The van der Waals surface area contributed by atoms with E-state index in [2.05, 4.69) is 17.7 Å². The van der Waals surface area contributed by atoms with Crippen LogP contribution in [0.15, 0.2) is 0 Å². The summed E-state index contributed by atoms with van der Waals surface area (Å²) in [4.78, 5) is 0. The van der Waals surface area contributed by atoms with E-state index in [0.717, 1.165) is 0 Å². The Balaban J connectivity index is 2.13. The first-order valence-corrected chi connectivity index (χ1v) is 10.7. The van der Waals surface area contributed by atoms with Gasteiger partial charge in [-0.15, -0.1) is 0 Å². The lowest BCUT2D eigenvalue weighted by Crippen LogP contribution is -2.39. The third-order valence-electron chi connectivity index (χ3n) is 2.07. The molecule has 10 heavy (non-hydrogen) atoms. The molecular weight excluding hydrogens is 154 g/mol. The van der Waals surface area contributed by atoms with Gasteiger partial charge in [-0.2, -0.15) is 0 Å². The van der Waals surface area contributed by atoms with Crippen LogP contribution in [0.3, 0.4) is 0 Å². The lowest BCUT2D eigenvalue weighted by molar-refractivity contribution is 0.364. The van der Waals surface area contributed by atoms with Crippen LogP contribution in [0.25, 0.3) is 0 Å². The predicted molar refractivity (Wildman–Crippen MR) is 52.8 cm³/mol. The van der Waals surface area contributed by atoms with Gasteiger partial charge >= 0.3 is 0 Å². The first-order chi connectivity index (χ1) is 4.79. The molecule has 1 aliphatic rings. The first kappa shape index (κ1) is 8.49. The summed E-state index contributed by atoms with van der Waals surface area (Å²) in [5.74, 6) is 0. The molecule has 1 rings (SSSR count). The van der Waals surface area contributed by atoms with Crippen molar-refractivity contribution in [2.45, 2.75) is 32.4 Å². The van der Waals surface area contributed by atoms with E-state index in [1.165, 1.54) is 32.4 Å². The van der Waals surface area contributed by atoms with Gasteiger partial charge in [-0.05, 0) is 25.9 Å². The van der Waals surface area contributed by atoms with Gasteiger partial charge in [0, 0.05) is 8.31 Å². The highest BCUT2D eigenvalue weighted by Crippen LogP contribution is 2.07. The molecule has 3 heteroatoms. The van der Waals surface area contributed by atoms with Crippen molar-refractivity contribution in [1.82, 2.24) is 4.57 Å². The van der Waals surface area contributed by atoms with E-state index in [1.54, 1.807) is 0 Å². The van der Waals surface area contributed by atoms with Crippen LogP contribution < -0.4 is 0 Å². The molecule has 0 saturated carbocycles. The van der Waals surface area contributed by atoms with Gasteiger partial charge in [0.25, 0.3) is 0 Å². The number of piperidine rings is 1. The van der Waals surface area contributed by atoms with Crippen LogP contribution in [-0.4, -0.2) is 35.2 Å². The Hall–Kier alpha value is 0.394. The molecule has 1 fully saturated rings. The molecule has 0 aromatic heterocycles. The maximum absolute atomic E-state index is 2.79. The molecule has 0 radical (unpaired) electrons. The quantitative estimate of drug-likeness (QED) is 0.551. The van der Waals surface area contributed by atoms with Crippen LogP contribution >= 0.6 is 0 Å². The van der Waals surface area contributed by atoms with Crippen LogP contribution in [0.5, 0.6) is 0 Å². The molecule has 0 aromatic carbocycles. The van der Waals surface area contributed by atoms with Crippen molar-refractivity contribution in [3.8, 4) is 0 Å². The van der Waals surface area contributed by atoms with Gasteiger partial charge in [-0.1, -0.05) is 19.5 Å². The highest BCUT2D eigenvalue weighted by Gasteiger charge is 2.11. The summed E-state index contributed by atoms with van der Waals surface area (Å²) in [5, 5.41) is 0. The molecule has 0 spiro atoms. The van der Waals surface area contributed by atoms with Crippen molar-refractivity contribution >= 4 is 17.5 Å². The summed E-state index contributed by atoms with van der Waals surface area (Å²) in [5.41, 5.74) is 0. The minimum absolute atomic E-state index is 0.179. The molecule has 0 bridgehead atoms. The maximum Gasteiger partial charge on any atom is 0.0827 e. The zero-order valence-corrected chi connectivity index (χ0v) is 9.84. The zero-order chi connectivity index (χ0) is 7.40. The number of nitrogens with zero attached hydrogens (tertiary/aromatic N) is 1. The van der Waals surface area contributed by atoms with E-state index in [9.17, 15) is 0 Å². The van der Waals surface area contributed by atoms with Crippen LogP contribution in [0.1, 0.15) is 19.3 Å². The molecule has 0 aliphatic carbocycles. The van der Waals surface area contributed by atoms with Gasteiger partial charge < -0.3 is 4.57 Å². The first-order valence-electron chi connectivity index (χ1n) is 4.51. The van der Waals surface area contributed by atoms with Gasteiger partial charge in [0.2, 0.25) is 0 Å². The minimum atomic E-state index is -0.179. The summed E-state index contributed by atoms with van der Waals surface area (Å²) in [7, 11) is 0.0936. The summed E-state index contributed by atoms with van der Waals surface area (Å²) in [6, 6.07) is 0. The normalized spacial score (nSPS) is 23.1. The van der Waals surface area contributed by atoms with Crippen molar-refractivity contribution in [3.63, 3.8) is 0 Å². The summed E-state index contributed by atoms with van der Waals surface area (Å²) in [6.07, 6.45) is 4.45. The highest BCUT2D eigenvalue weighted by atomic mass is 29.2. The van der Waals surface area contributed by atoms with E-state index in [0.29, 0.717) is 0 Å². The minimum Gasteiger partial charge on any atom is -0.332 e. The van der Waals surface area contributed by atoms with Gasteiger partial charge in [-0.25, -0.2) is 0 Å². The maximum atomic E-state index is 2.79. The molecular formula is C7H19NSi2. The molecule has 1 nitrogen and oxygen atoms in total. The third kappa shape index (κ3) is 2.99. The van der Waals surface area contributed by atoms with E-state index < -0.39 is 0 Å². The molecule has 60 valence electrons. The van der Waals surface area contributed by atoms with Crippen LogP contribution in [0.2, 0.25) is 13.1 Å². The summed E-state index contributed by atoms with van der Waals surface area (Å²) in [6.45, 7) is 7.89. The Morgan fingerprint density at radius 2 is 1.70 bits per heavy atom. The van der Waals surface area contributed by atoms with Crippen molar-refractivity contribution in [2.75, 3.05) is 13.1 Å². The number of hydrogen-bond donors (Lipinski definition) is 0. The fourth-order valence-corrected chi connectivity index (χ4v) is 7.70. The Labute approximate surface area is 68.1 Å². The standard InChI is InChI=1S/C7H19NSi2/c1-10(2)9-8-6-4-3-5-7-8/h10H,3-7,9H2,1-2H3. The van der Waals surface area contributed by atoms with Crippen LogP contribution in [-0.2, 0) is 0 Å². The smallest absolute Gasteiger partial charge is 0.0827 e. The Kier molecular flexibility index (Phi) is 3.66. The SMILES string of the molecule is C[SiH](C)[SiH2]N1CCCCC1. The van der Waals surface area contributed by atoms with E-state index in [-0.39, 0.29) is 17.5 Å². The van der Waals surface area contributed by atoms with Gasteiger partial charge in [0.15, 0.2) is 0 Å². The average Bonchev–Trinajstić information content (AvgIpc) is 1.88. The predicted octanol–water partition coefficient (Wildman–Crippen LogP) is 0.539. The van der Waals surface area contributed by atoms with Gasteiger partial charge in [0.05, 0.1) is 9.20 Å². The van der Waals surface area contributed by atoms with Crippen LogP contribution in [0, 0.1) is 0 Å². The van der Waals surface area contributed by atoms with E-state index in [1.807, 2.05) is 0 Å². The fraction of sp³-hybridized carbons (Fsp3) is 1.00. The molecule has 1 heterocycles. The second-order valence-electron chi connectivity index (χ2n) is 3.76. The molecule has 0 aromatic rings. The van der Waals surface area contributed by atoms with Crippen molar-refractivity contribution in [3.05, 3.63) is 0 Å². The number of rotatable bonds is 2. The van der Waals surface area contributed by atoms with Gasteiger partial charge in [0.1, 0.15) is 0 Å². The lowest BCUT2D eigenvalue weighted by Gasteiger charge is -2.27. The van der Waals surface area contributed by atoms with Crippen molar-refractivity contribution in [2.24, 2.45) is 0 Å². The second kappa shape index (κ2) is 4.31. The summed E-state index contributed by atoms with van der Waals surface area (Å²) < 4.78 is 2.79. The topological polar surface area (TPSA) is 3.24 Å². The summed E-state index contributed by atoms with van der Waals surface area (Å²) >= 11 is 0. The zero-order valence-electron chi connectivity index (χ0n) is 7.27. The molecule has 0 unspecified atom stereocenters. The van der Waals surface area contributed by atoms with Crippen molar-refractivity contribution in [1.29, 1.82) is 0 Å². The Bertz CT molecular complexity index is 89.6. The third-order valence-corrected chi connectivity index (χ3v) is 7.69. The Morgan fingerprint density at radius 3 is 2.20 bits per heavy atom. The fourth-order valence-electron chi connectivity index (χ4n) is 1.66. The molecule has 1 aliphatic heterocycles. The molecule has 1 saturated heterocycles. The molecule has 0 N–H and O–H groups in total. The lowest BCUT2D eigenvalue weighted by atomic mass is 10.2. The van der Waals surface area contributed by atoms with Gasteiger partial charge in [-0.3, -0.25) is 0 Å². The largest absolute Gasteiger partial charge is 0.332 e. The van der Waals surface area contributed by atoms with E-state index >= 15 is 0 Å². The monoisotopic (exact) mass is 173 g/mol. The molecule has 0 amide bonds. The van der Waals surface area contributed by atoms with E-state index in [4.69, 9.17) is 0 Å². The number of hydrogen-bond acceptors (Lipinski definition) is 1. The van der Waals surface area contributed by atoms with Crippen molar-refractivity contribution < 1.29 is 0 Å². The molecule has 0 atom stereocenters. The second-order valence-corrected chi connectivity index (χ2v) is 13.8. The Morgan fingerprint density at radius 1 is 1.10 bits per heavy atom. The average molecular weight is 173 g/mol. The van der Waals surface area contributed by atoms with Crippen LogP contribution in [0.4, 0.5) is 0 Å².